The van der Waals surface area contributed by atoms with Gasteiger partial charge in [-0.15, -0.1) is 0 Å². The summed E-state index contributed by atoms with van der Waals surface area (Å²) in [5.74, 6) is 0.861. The molecule has 0 radical (unpaired) electrons. The van der Waals surface area contributed by atoms with Crippen molar-refractivity contribution in [3.8, 4) is 5.69 Å². The molecule has 4 rings (SSSR count). The van der Waals surface area contributed by atoms with E-state index in [2.05, 4.69) is 37.1 Å². The van der Waals surface area contributed by atoms with Crippen LogP contribution in [0.3, 0.4) is 0 Å². The third-order valence-corrected chi connectivity index (χ3v) is 4.93. The van der Waals surface area contributed by atoms with Gasteiger partial charge < -0.3 is 16.0 Å². The Kier molecular flexibility index (Phi) is 5.51. The number of hydrogen-bond donors (Lipinski definition) is 3. The van der Waals surface area contributed by atoms with Crippen molar-refractivity contribution in [2.45, 2.75) is 18.9 Å². The molecule has 3 N–H and O–H groups in total. The molecule has 0 bridgehead atoms. The standard InChI is InChI=1S/C21H23N7O/c1-22-21(24-11-15-6-8-17(9-7-15)28-14-23-13-26-28)25-12-16-10-20(29)27-19-5-3-2-4-18(16)19/h2-9,13-14,16H,10-12H2,1H3,(H,27,29)(H2,22,24,25). The van der Waals surface area contributed by atoms with Crippen LogP contribution in [0.1, 0.15) is 23.5 Å². The second kappa shape index (κ2) is 8.55. The monoisotopic (exact) mass is 389 g/mol. The molecule has 0 spiro atoms. The zero-order valence-corrected chi connectivity index (χ0v) is 16.2. The number of aliphatic imine (C=N–C) groups is 1. The maximum Gasteiger partial charge on any atom is 0.225 e. The third-order valence-electron chi connectivity index (χ3n) is 4.93. The molecule has 1 aliphatic heterocycles. The highest BCUT2D eigenvalue weighted by atomic mass is 16.1. The fourth-order valence-electron chi connectivity index (χ4n) is 3.42. The average Bonchev–Trinajstić information content (AvgIpc) is 3.29. The first-order valence-corrected chi connectivity index (χ1v) is 9.50. The van der Waals surface area contributed by atoms with Crippen molar-refractivity contribution < 1.29 is 4.79 Å². The lowest BCUT2D eigenvalue weighted by Gasteiger charge is -2.26. The average molecular weight is 389 g/mol. The number of para-hydroxylation sites is 1. The molecule has 2 aromatic carbocycles. The summed E-state index contributed by atoms with van der Waals surface area (Å²) in [6.45, 7) is 1.27. The number of anilines is 1. The van der Waals surface area contributed by atoms with Crippen molar-refractivity contribution in [1.29, 1.82) is 0 Å². The quantitative estimate of drug-likeness (QED) is 0.459. The van der Waals surface area contributed by atoms with Gasteiger partial charge in [0.05, 0.1) is 5.69 Å². The summed E-state index contributed by atoms with van der Waals surface area (Å²) in [6.07, 6.45) is 3.65. The Morgan fingerprint density at radius 1 is 1.21 bits per heavy atom. The Balaban J connectivity index is 1.33. The summed E-state index contributed by atoms with van der Waals surface area (Å²) in [7, 11) is 1.74. The fourth-order valence-corrected chi connectivity index (χ4v) is 3.42. The number of carbonyl (C=O) groups excluding carboxylic acids is 1. The molecule has 8 heteroatoms. The summed E-state index contributed by atoms with van der Waals surface area (Å²) < 4.78 is 1.72. The zero-order valence-electron chi connectivity index (χ0n) is 16.2. The lowest BCUT2D eigenvalue weighted by molar-refractivity contribution is -0.116. The SMILES string of the molecule is CN=C(NCc1ccc(-n2cncn2)cc1)NCC1CC(=O)Nc2ccccc21. The lowest BCUT2D eigenvalue weighted by Crippen LogP contribution is -2.40. The summed E-state index contributed by atoms with van der Waals surface area (Å²) in [6, 6.07) is 16.0. The van der Waals surface area contributed by atoms with E-state index in [4.69, 9.17) is 0 Å². The number of fused-ring (bicyclic) bond motifs is 1. The van der Waals surface area contributed by atoms with Crippen LogP contribution in [0.4, 0.5) is 5.69 Å². The Morgan fingerprint density at radius 3 is 2.79 bits per heavy atom. The van der Waals surface area contributed by atoms with Crippen molar-refractivity contribution in [2.75, 3.05) is 18.9 Å². The molecule has 1 aromatic heterocycles. The molecule has 0 saturated heterocycles. The summed E-state index contributed by atoms with van der Waals surface area (Å²) in [4.78, 5) is 20.2. The topological polar surface area (TPSA) is 96.2 Å². The Bertz CT molecular complexity index is 996. The van der Waals surface area contributed by atoms with Crippen LogP contribution in [0.15, 0.2) is 66.2 Å². The van der Waals surface area contributed by atoms with E-state index in [1.807, 2.05) is 42.5 Å². The van der Waals surface area contributed by atoms with Gasteiger partial charge in [-0.25, -0.2) is 9.67 Å². The van der Waals surface area contributed by atoms with Crippen LogP contribution in [0, 0.1) is 0 Å². The smallest absolute Gasteiger partial charge is 0.225 e. The van der Waals surface area contributed by atoms with Crippen LogP contribution in [0.2, 0.25) is 0 Å². The molecule has 8 nitrogen and oxygen atoms in total. The van der Waals surface area contributed by atoms with Crippen LogP contribution >= 0.6 is 0 Å². The minimum atomic E-state index is 0.0471. The molecule has 1 amide bonds. The van der Waals surface area contributed by atoms with E-state index in [1.54, 1.807) is 18.1 Å². The van der Waals surface area contributed by atoms with Gasteiger partial charge in [0.25, 0.3) is 0 Å². The molecule has 29 heavy (non-hydrogen) atoms. The maximum atomic E-state index is 12.0. The molecule has 148 valence electrons. The van der Waals surface area contributed by atoms with Gasteiger partial charge in [-0.3, -0.25) is 9.79 Å². The predicted octanol–water partition coefficient (Wildman–Crippen LogP) is 2.06. The predicted molar refractivity (Wildman–Crippen MR) is 112 cm³/mol. The van der Waals surface area contributed by atoms with E-state index < -0.39 is 0 Å². The summed E-state index contributed by atoms with van der Waals surface area (Å²) in [5, 5.41) is 13.7. The fraction of sp³-hybridized carbons (Fsp3) is 0.238. The summed E-state index contributed by atoms with van der Waals surface area (Å²) in [5.41, 5.74) is 4.13. The number of benzene rings is 2. The molecule has 2 heterocycles. The highest BCUT2D eigenvalue weighted by Gasteiger charge is 2.24. The number of carbonyl (C=O) groups is 1. The van der Waals surface area contributed by atoms with Gasteiger partial charge >= 0.3 is 0 Å². The Labute approximate surface area is 169 Å². The number of nitrogens with one attached hydrogen (secondary N) is 3. The lowest BCUT2D eigenvalue weighted by atomic mass is 9.90. The normalized spacial score (nSPS) is 16.1. The number of hydrogen-bond acceptors (Lipinski definition) is 4. The zero-order chi connectivity index (χ0) is 20.1. The molecule has 0 saturated carbocycles. The second-order valence-electron chi connectivity index (χ2n) is 6.85. The molecule has 1 atom stereocenters. The molecule has 1 aliphatic rings. The highest BCUT2D eigenvalue weighted by molar-refractivity contribution is 5.94. The first kappa shape index (κ1) is 18.7. The van der Waals surface area contributed by atoms with Crippen LogP contribution < -0.4 is 16.0 Å². The van der Waals surface area contributed by atoms with Crippen LogP contribution in [-0.4, -0.2) is 40.2 Å². The highest BCUT2D eigenvalue weighted by Crippen LogP contribution is 2.31. The van der Waals surface area contributed by atoms with Gasteiger partial charge in [0.1, 0.15) is 12.7 Å². The van der Waals surface area contributed by atoms with E-state index in [1.165, 1.54) is 6.33 Å². The minimum absolute atomic E-state index is 0.0471. The van der Waals surface area contributed by atoms with Gasteiger partial charge in [-0.1, -0.05) is 30.3 Å². The number of nitrogens with zero attached hydrogens (tertiary/aromatic N) is 4. The van der Waals surface area contributed by atoms with Gasteiger partial charge in [0.2, 0.25) is 5.91 Å². The van der Waals surface area contributed by atoms with Crippen LogP contribution in [0.25, 0.3) is 5.69 Å². The number of amides is 1. The molecule has 3 aromatic rings. The second-order valence-corrected chi connectivity index (χ2v) is 6.85. The van der Waals surface area contributed by atoms with Crippen molar-refractivity contribution in [1.82, 2.24) is 25.4 Å². The number of guanidine groups is 1. The minimum Gasteiger partial charge on any atom is -0.356 e. The van der Waals surface area contributed by atoms with Crippen molar-refractivity contribution in [3.05, 3.63) is 72.3 Å². The number of rotatable bonds is 5. The van der Waals surface area contributed by atoms with Crippen LogP contribution in [0.5, 0.6) is 0 Å². The largest absolute Gasteiger partial charge is 0.356 e. The molecular weight excluding hydrogens is 366 g/mol. The van der Waals surface area contributed by atoms with E-state index in [0.29, 0.717) is 25.5 Å². The molecule has 1 unspecified atom stereocenters. The van der Waals surface area contributed by atoms with E-state index in [0.717, 1.165) is 22.5 Å². The van der Waals surface area contributed by atoms with Gasteiger partial charge in [0.15, 0.2) is 5.96 Å². The molecule has 0 fully saturated rings. The Hall–Kier alpha value is -3.68. The first-order valence-electron chi connectivity index (χ1n) is 9.50. The molecule has 0 aliphatic carbocycles. The van der Waals surface area contributed by atoms with E-state index in [9.17, 15) is 4.79 Å². The van der Waals surface area contributed by atoms with E-state index in [-0.39, 0.29) is 11.8 Å². The van der Waals surface area contributed by atoms with Gasteiger partial charge in [-0.05, 0) is 29.3 Å². The van der Waals surface area contributed by atoms with Crippen molar-refractivity contribution >= 4 is 17.6 Å². The van der Waals surface area contributed by atoms with Crippen LogP contribution in [-0.2, 0) is 11.3 Å². The maximum absolute atomic E-state index is 12.0. The van der Waals surface area contributed by atoms with Crippen molar-refractivity contribution in [3.63, 3.8) is 0 Å². The summed E-state index contributed by atoms with van der Waals surface area (Å²) >= 11 is 0. The molecular formula is C21H23N7O. The number of aromatic nitrogens is 3. The van der Waals surface area contributed by atoms with Gasteiger partial charge in [-0.2, -0.15) is 5.10 Å². The first-order chi connectivity index (χ1) is 14.2. The van der Waals surface area contributed by atoms with Gasteiger partial charge in [0, 0.05) is 38.2 Å². The van der Waals surface area contributed by atoms with Crippen molar-refractivity contribution in [2.24, 2.45) is 4.99 Å². The van der Waals surface area contributed by atoms with E-state index >= 15 is 0 Å². The third kappa shape index (κ3) is 4.43. The Morgan fingerprint density at radius 2 is 2.03 bits per heavy atom.